The van der Waals surface area contributed by atoms with E-state index in [1.54, 1.807) is 25.1 Å². The predicted molar refractivity (Wildman–Crippen MR) is 86.1 cm³/mol. The highest BCUT2D eigenvalue weighted by Crippen LogP contribution is 2.16. The van der Waals surface area contributed by atoms with Crippen molar-refractivity contribution in [2.24, 2.45) is 5.92 Å². The fourth-order valence-corrected chi connectivity index (χ4v) is 2.45. The number of nitrogens with one attached hydrogen (secondary N) is 1. The maximum Gasteiger partial charge on any atom is 0.339 e. The third-order valence-electron chi connectivity index (χ3n) is 3.54. The maximum atomic E-state index is 12.0. The van der Waals surface area contributed by atoms with Gasteiger partial charge in [-0.05, 0) is 25.0 Å². The van der Waals surface area contributed by atoms with Crippen molar-refractivity contribution >= 4 is 22.7 Å². The van der Waals surface area contributed by atoms with E-state index in [1.807, 2.05) is 19.9 Å². The Morgan fingerprint density at radius 3 is 2.52 bits per heavy atom. The number of benzene rings is 1. The van der Waals surface area contributed by atoms with Crippen molar-refractivity contribution < 1.29 is 18.5 Å². The summed E-state index contributed by atoms with van der Waals surface area (Å²) in [5.41, 5.74) is -0.875. The highest BCUT2D eigenvalue weighted by molar-refractivity contribution is 7.84. The van der Waals surface area contributed by atoms with Gasteiger partial charge in [-0.2, -0.15) is 5.26 Å². The second-order valence-electron chi connectivity index (χ2n) is 5.54. The zero-order valence-corrected chi connectivity index (χ0v) is 14.4. The first kappa shape index (κ1) is 18.8. The van der Waals surface area contributed by atoms with Crippen molar-refractivity contribution in [2.45, 2.75) is 31.2 Å². The third-order valence-corrected chi connectivity index (χ3v) is 4.51. The first-order valence-corrected chi connectivity index (χ1v) is 8.59. The van der Waals surface area contributed by atoms with Gasteiger partial charge in [-0.1, -0.05) is 26.0 Å². The van der Waals surface area contributed by atoms with Crippen LogP contribution in [-0.4, -0.2) is 34.5 Å². The number of carbonyl (C=O) groups is 2. The monoisotopic (exact) mass is 336 g/mol. The van der Waals surface area contributed by atoms with E-state index in [-0.39, 0.29) is 11.5 Å². The van der Waals surface area contributed by atoms with Gasteiger partial charge in [0.25, 0.3) is 5.91 Å². The molecular formula is C16H20N2O4S. The van der Waals surface area contributed by atoms with Crippen LogP contribution in [0.4, 0.5) is 0 Å². The summed E-state index contributed by atoms with van der Waals surface area (Å²) >= 11 is 0. The van der Waals surface area contributed by atoms with Crippen LogP contribution >= 0.6 is 0 Å². The molecule has 0 aliphatic rings. The van der Waals surface area contributed by atoms with Crippen LogP contribution < -0.4 is 5.32 Å². The SMILES string of the molecule is CC(C)[C@](C)(C#N)NC(=O)COC(=O)c1ccccc1[S@](C)=O. The molecule has 6 nitrogen and oxygen atoms in total. The number of rotatable bonds is 6. The number of nitrogens with zero attached hydrogens (tertiary/aromatic N) is 1. The second kappa shape index (κ2) is 7.88. The number of ether oxygens (including phenoxy) is 1. The van der Waals surface area contributed by atoms with Crippen LogP contribution in [-0.2, 0) is 20.3 Å². The van der Waals surface area contributed by atoms with Crippen LogP contribution in [0.25, 0.3) is 0 Å². The van der Waals surface area contributed by atoms with E-state index < -0.39 is 34.8 Å². The van der Waals surface area contributed by atoms with Crippen molar-refractivity contribution in [1.29, 1.82) is 5.26 Å². The topological polar surface area (TPSA) is 96.3 Å². The van der Waals surface area contributed by atoms with Crippen molar-refractivity contribution in [3.63, 3.8) is 0 Å². The minimum atomic E-state index is -1.34. The van der Waals surface area contributed by atoms with E-state index in [1.165, 1.54) is 12.3 Å². The van der Waals surface area contributed by atoms with Crippen LogP contribution in [0.1, 0.15) is 31.1 Å². The molecule has 0 spiro atoms. The van der Waals surface area contributed by atoms with E-state index >= 15 is 0 Å². The van der Waals surface area contributed by atoms with Gasteiger partial charge in [-0.25, -0.2) is 4.79 Å². The third kappa shape index (κ3) is 4.89. The normalized spacial score (nSPS) is 14.4. The summed E-state index contributed by atoms with van der Waals surface area (Å²) in [5.74, 6) is -1.39. The van der Waals surface area contributed by atoms with Gasteiger partial charge in [-0.3, -0.25) is 9.00 Å². The highest BCUT2D eigenvalue weighted by atomic mass is 32.2. The smallest absolute Gasteiger partial charge is 0.339 e. The summed E-state index contributed by atoms with van der Waals surface area (Å²) in [4.78, 5) is 24.3. The average molecular weight is 336 g/mol. The molecule has 0 aromatic heterocycles. The molecule has 0 radical (unpaired) electrons. The van der Waals surface area contributed by atoms with Crippen LogP contribution in [0.5, 0.6) is 0 Å². The molecule has 0 fully saturated rings. The Kier molecular flexibility index (Phi) is 6.46. The van der Waals surface area contributed by atoms with E-state index in [0.717, 1.165) is 0 Å². The number of amides is 1. The zero-order valence-electron chi connectivity index (χ0n) is 13.6. The molecule has 0 bridgehead atoms. The fourth-order valence-electron chi connectivity index (χ4n) is 1.72. The summed E-state index contributed by atoms with van der Waals surface area (Å²) in [6.07, 6.45) is 1.46. The number of carbonyl (C=O) groups excluding carboxylic acids is 2. The second-order valence-corrected chi connectivity index (χ2v) is 6.89. The maximum absolute atomic E-state index is 12.0. The van der Waals surface area contributed by atoms with E-state index in [4.69, 9.17) is 10.00 Å². The molecule has 7 heteroatoms. The Bertz CT molecular complexity index is 666. The molecule has 0 saturated heterocycles. The molecule has 1 aromatic carbocycles. The molecule has 0 saturated carbocycles. The molecule has 124 valence electrons. The Labute approximate surface area is 138 Å². The first-order chi connectivity index (χ1) is 10.7. The molecule has 1 rings (SSSR count). The minimum Gasteiger partial charge on any atom is -0.452 e. The Morgan fingerprint density at radius 1 is 1.39 bits per heavy atom. The molecule has 23 heavy (non-hydrogen) atoms. The molecule has 1 aromatic rings. The van der Waals surface area contributed by atoms with Crippen LogP contribution in [0.2, 0.25) is 0 Å². The van der Waals surface area contributed by atoms with Gasteiger partial charge in [-0.15, -0.1) is 0 Å². The molecule has 1 amide bonds. The summed E-state index contributed by atoms with van der Waals surface area (Å²) in [5, 5.41) is 11.7. The summed E-state index contributed by atoms with van der Waals surface area (Å²) in [6, 6.07) is 8.39. The Hall–Kier alpha value is -2.20. The Balaban J connectivity index is 2.73. The van der Waals surface area contributed by atoms with Gasteiger partial charge in [0.1, 0.15) is 5.54 Å². The van der Waals surface area contributed by atoms with Gasteiger partial charge in [0, 0.05) is 6.26 Å². The van der Waals surface area contributed by atoms with Gasteiger partial charge >= 0.3 is 5.97 Å². The molecule has 0 aliphatic carbocycles. The standard InChI is InChI=1S/C16H20N2O4S/c1-11(2)16(3,10-17)18-14(19)9-22-15(20)12-7-5-6-8-13(12)23(4)21/h5-8,11H,9H2,1-4H3,(H,18,19)/t16-,23-/m0/s1. The lowest BCUT2D eigenvalue weighted by Crippen LogP contribution is -2.50. The number of esters is 1. The van der Waals surface area contributed by atoms with E-state index in [0.29, 0.717) is 4.90 Å². The molecule has 2 atom stereocenters. The average Bonchev–Trinajstić information content (AvgIpc) is 2.52. The van der Waals surface area contributed by atoms with E-state index in [2.05, 4.69) is 5.32 Å². The Morgan fingerprint density at radius 2 is 2.00 bits per heavy atom. The lowest BCUT2D eigenvalue weighted by atomic mass is 9.90. The van der Waals surface area contributed by atoms with Crippen molar-refractivity contribution in [3.05, 3.63) is 29.8 Å². The molecule has 0 heterocycles. The lowest BCUT2D eigenvalue weighted by Gasteiger charge is -2.27. The zero-order chi connectivity index (χ0) is 17.6. The highest BCUT2D eigenvalue weighted by Gasteiger charge is 2.30. The van der Waals surface area contributed by atoms with Gasteiger partial charge in [0.15, 0.2) is 6.61 Å². The molecular weight excluding hydrogens is 316 g/mol. The van der Waals surface area contributed by atoms with Crippen LogP contribution in [0.15, 0.2) is 29.2 Å². The van der Waals surface area contributed by atoms with Gasteiger partial charge in [0.05, 0.1) is 27.3 Å². The van der Waals surface area contributed by atoms with Crippen molar-refractivity contribution in [1.82, 2.24) is 5.32 Å². The fraction of sp³-hybridized carbons (Fsp3) is 0.438. The van der Waals surface area contributed by atoms with Gasteiger partial charge < -0.3 is 10.1 Å². The van der Waals surface area contributed by atoms with Crippen LogP contribution in [0, 0.1) is 17.2 Å². The summed E-state index contributed by atoms with van der Waals surface area (Å²) in [7, 11) is -1.34. The summed E-state index contributed by atoms with van der Waals surface area (Å²) < 4.78 is 16.6. The van der Waals surface area contributed by atoms with E-state index in [9.17, 15) is 13.8 Å². The predicted octanol–water partition coefficient (Wildman–Crippen LogP) is 1.64. The lowest BCUT2D eigenvalue weighted by molar-refractivity contribution is -0.125. The summed E-state index contributed by atoms with van der Waals surface area (Å²) in [6.45, 7) is 4.71. The largest absolute Gasteiger partial charge is 0.452 e. The van der Waals surface area contributed by atoms with Crippen molar-refractivity contribution in [3.8, 4) is 6.07 Å². The number of nitriles is 1. The number of hydrogen-bond donors (Lipinski definition) is 1. The molecule has 1 N–H and O–H groups in total. The van der Waals surface area contributed by atoms with Gasteiger partial charge in [0.2, 0.25) is 0 Å². The van der Waals surface area contributed by atoms with Crippen LogP contribution in [0.3, 0.4) is 0 Å². The molecule has 0 unspecified atom stereocenters. The first-order valence-electron chi connectivity index (χ1n) is 7.03. The minimum absolute atomic E-state index is 0.101. The van der Waals surface area contributed by atoms with Crippen molar-refractivity contribution in [2.75, 3.05) is 12.9 Å². The number of hydrogen-bond acceptors (Lipinski definition) is 5. The molecule has 0 aliphatic heterocycles. The quantitative estimate of drug-likeness (QED) is 0.797.